The lowest BCUT2D eigenvalue weighted by atomic mass is 10.1. The second-order valence-electron chi connectivity index (χ2n) is 4.91. The fourth-order valence-corrected chi connectivity index (χ4v) is 2.44. The highest BCUT2D eigenvalue weighted by Crippen LogP contribution is 2.19. The van der Waals surface area contributed by atoms with Crippen molar-refractivity contribution < 1.29 is 9.53 Å². The fraction of sp³-hybridized carbons (Fsp3) is 0.625. The molecule has 0 aromatic carbocycles. The van der Waals surface area contributed by atoms with Crippen LogP contribution in [0, 0.1) is 0 Å². The zero-order valence-corrected chi connectivity index (χ0v) is 13.6. The maximum absolute atomic E-state index is 12.9. The zero-order valence-electron chi connectivity index (χ0n) is 13.6. The minimum Gasteiger partial charge on any atom is -0.383 e. The summed E-state index contributed by atoms with van der Waals surface area (Å²) in [5, 5.41) is 3.20. The number of anilines is 1. The minimum absolute atomic E-state index is 0.0408. The van der Waals surface area contributed by atoms with E-state index in [1.54, 1.807) is 25.6 Å². The van der Waals surface area contributed by atoms with Gasteiger partial charge < -0.3 is 15.0 Å². The average Bonchev–Trinajstić information content (AvgIpc) is 2.52. The van der Waals surface area contributed by atoms with Crippen molar-refractivity contribution in [1.82, 2.24) is 9.88 Å². The predicted octanol–water partition coefficient (Wildman–Crippen LogP) is 2.79. The number of methoxy groups -OCH3 is 1. The van der Waals surface area contributed by atoms with Crippen LogP contribution in [0.5, 0.6) is 0 Å². The number of ether oxygens (including phenoxy) is 1. The highest BCUT2D eigenvalue weighted by atomic mass is 16.5. The molecule has 1 N–H and O–H groups in total. The van der Waals surface area contributed by atoms with Crippen molar-refractivity contribution in [3.8, 4) is 0 Å². The quantitative estimate of drug-likeness (QED) is 0.760. The molecule has 0 fully saturated rings. The Balaban J connectivity index is 3.03. The van der Waals surface area contributed by atoms with Crippen LogP contribution in [0.2, 0.25) is 0 Å². The largest absolute Gasteiger partial charge is 0.383 e. The highest BCUT2D eigenvalue weighted by Gasteiger charge is 2.24. The van der Waals surface area contributed by atoms with E-state index in [1.807, 2.05) is 11.8 Å². The van der Waals surface area contributed by atoms with Gasteiger partial charge in [0.25, 0.3) is 5.91 Å². The second-order valence-corrected chi connectivity index (χ2v) is 4.91. The maximum Gasteiger partial charge on any atom is 0.256 e. The second kappa shape index (κ2) is 9.34. The Bertz CT molecular complexity index is 433. The van der Waals surface area contributed by atoms with Crippen molar-refractivity contribution in [2.24, 2.45) is 0 Å². The van der Waals surface area contributed by atoms with Crippen LogP contribution >= 0.6 is 0 Å². The third kappa shape index (κ3) is 4.70. The molecule has 1 aromatic rings. The summed E-state index contributed by atoms with van der Waals surface area (Å²) in [6, 6.07) is 2.01. The number of hydrogen-bond donors (Lipinski definition) is 1. The van der Waals surface area contributed by atoms with E-state index in [1.165, 1.54) is 0 Å². The van der Waals surface area contributed by atoms with E-state index in [0.717, 1.165) is 25.1 Å². The summed E-state index contributed by atoms with van der Waals surface area (Å²) < 4.78 is 5.15. The molecule has 0 saturated carbocycles. The maximum atomic E-state index is 12.9. The molecule has 1 heterocycles. The van der Waals surface area contributed by atoms with Gasteiger partial charge in [-0.3, -0.25) is 9.78 Å². The van der Waals surface area contributed by atoms with Crippen LogP contribution in [0.25, 0.3) is 0 Å². The molecule has 1 aromatic heterocycles. The molecule has 0 radical (unpaired) electrons. The summed E-state index contributed by atoms with van der Waals surface area (Å²) in [4.78, 5) is 18.9. The number of amides is 1. The number of aromatic nitrogens is 1. The average molecular weight is 293 g/mol. The van der Waals surface area contributed by atoms with Crippen LogP contribution in [0.1, 0.15) is 44.0 Å². The molecule has 0 aliphatic rings. The van der Waals surface area contributed by atoms with Gasteiger partial charge in [0.1, 0.15) is 0 Å². The van der Waals surface area contributed by atoms with Gasteiger partial charge in [-0.2, -0.15) is 0 Å². The van der Waals surface area contributed by atoms with Crippen molar-refractivity contribution in [3.05, 3.63) is 24.0 Å². The van der Waals surface area contributed by atoms with Gasteiger partial charge in [-0.05, 0) is 25.8 Å². The van der Waals surface area contributed by atoms with Crippen LogP contribution in [0.15, 0.2) is 18.5 Å². The van der Waals surface area contributed by atoms with Gasteiger partial charge in [0.05, 0.1) is 24.1 Å². The monoisotopic (exact) mass is 293 g/mol. The van der Waals surface area contributed by atoms with Gasteiger partial charge in [-0.1, -0.05) is 13.8 Å². The van der Waals surface area contributed by atoms with Gasteiger partial charge in [-0.25, -0.2) is 0 Å². The van der Waals surface area contributed by atoms with Crippen molar-refractivity contribution in [2.75, 3.05) is 32.1 Å². The van der Waals surface area contributed by atoms with Crippen LogP contribution in [0.4, 0.5) is 5.69 Å². The van der Waals surface area contributed by atoms with E-state index in [9.17, 15) is 4.79 Å². The summed E-state index contributed by atoms with van der Waals surface area (Å²) in [6.45, 7) is 8.14. The molecule has 0 unspecified atom stereocenters. The van der Waals surface area contributed by atoms with Crippen LogP contribution < -0.4 is 5.32 Å². The number of nitrogens with one attached hydrogen (secondary N) is 1. The van der Waals surface area contributed by atoms with Crippen molar-refractivity contribution in [2.45, 2.75) is 39.7 Å². The third-order valence-corrected chi connectivity index (χ3v) is 3.60. The SMILES string of the molecule is CCNc1cnccc1C(=O)N(CCOC)C(CC)CC. The molecule has 0 saturated heterocycles. The molecule has 0 bridgehead atoms. The summed E-state index contributed by atoms with van der Waals surface area (Å²) in [5.41, 5.74) is 1.47. The van der Waals surface area contributed by atoms with Crippen LogP contribution in [0.3, 0.4) is 0 Å². The van der Waals surface area contributed by atoms with Crippen molar-refractivity contribution in [3.63, 3.8) is 0 Å². The number of hydrogen-bond acceptors (Lipinski definition) is 4. The van der Waals surface area contributed by atoms with E-state index in [2.05, 4.69) is 24.1 Å². The molecule has 0 atom stereocenters. The number of pyridine rings is 1. The summed E-state index contributed by atoms with van der Waals surface area (Å²) in [5.74, 6) is 0.0408. The summed E-state index contributed by atoms with van der Waals surface area (Å²) in [7, 11) is 1.66. The zero-order chi connectivity index (χ0) is 15.7. The van der Waals surface area contributed by atoms with E-state index in [0.29, 0.717) is 18.7 Å². The Morgan fingerprint density at radius 3 is 2.67 bits per heavy atom. The molecule has 118 valence electrons. The molecule has 0 aliphatic heterocycles. The van der Waals surface area contributed by atoms with Crippen LogP contribution in [-0.2, 0) is 4.74 Å². The van der Waals surface area contributed by atoms with E-state index >= 15 is 0 Å². The lowest BCUT2D eigenvalue weighted by molar-refractivity contribution is 0.0590. The third-order valence-electron chi connectivity index (χ3n) is 3.60. The van der Waals surface area contributed by atoms with Crippen molar-refractivity contribution >= 4 is 11.6 Å². The van der Waals surface area contributed by atoms with Crippen LogP contribution in [-0.4, -0.2) is 48.6 Å². The molecular weight excluding hydrogens is 266 g/mol. The predicted molar refractivity (Wildman–Crippen MR) is 85.7 cm³/mol. The van der Waals surface area contributed by atoms with Gasteiger partial charge >= 0.3 is 0 Å². The molecule has 0 aliphatic carbocycles. The molecule has 1 amide bonds. The number of carbonyl (C=O) groups excluding carboxylic acids is 1. The standard InChI is InChI=1S/C16H27N3O2/c1-5-13(6-2)19(10-11-21-4)16(20)14-8-9-17-12-15(14)18-7-3/h8-9,12-13,18H,5-7,10-11H2,1-4H3. The van der Waals surface area contributed by atoms with Gasteiger partial charge in [0.2, 0.25) is 0 Å². The number of rotatable bonds is 9. The molecular formula is C16H27N3O2. The Labute approximate surface area is 127 Å². The highest BCUT2D eigenvalue weighted by molar-refractivity contribution is 5.99. The lowest BCUT2D eigenvalue weighted by Gasteiger charge is -2.31. The summed E-state index contributed by atoms with van der Waals surface area (Å²) >= 11 is 0. The van der Waals surface area contributed by atoms with Gasteiger partial charge in [-0.15, -0.1) is 0 Å². The van der Waals surface area contributed by atoms with Gasteiger partial charge in [0, 0.05) is 32.4 Å². The Hall–Kier alpha value is -1.62. The Morgan fingerprint density at radius 2 is 2.10 bits per heavy atom. The fourth-order valence-electron chi connectivity index (χ4n) is 2.44. The number of nitrogens with zero attached hydrogens (tertiary/aromatic N) is 2. The Kier molecular flexibility index (Phi) is 7.75. The van der Waals surface area contributed by atoms with Crippen molar-refractivity contribution in [1.29, 1.82) is 0 Å². The number of carbonyl (C=O) groups is 1. The molecule has 5 nitrogen and oxygen atoms in total. The first-order valence-electron chi connectivity index (χ1n) is 7.67. The molecule has 1 rings (SSSR count). The smallest absolute Gasteiger partial charge is 0.256 e. The Morgan fingerprint density at radius 1 is 1.38 bits per heavy atom. The van der Waals surface area contributed by atoms with E-state index in [-0.39, 0.29) is 11.9 Å². The summed E-state index contributed by atoms with van der Waals surface area (Å²) in [6.07, 6.45) is 5.24. The molecule has 0 spiro atoms. The molecule has 5 heteroatoms. The minimum atomic E-state index is 0.0408. The van der Waals surface area contributed by atoms with E-state index < -0.39 is 0 Å². The van der Waals surface area contributed by atoms with E-state index in [4.69, 9.17) is 4.74 Å². The van der Waals surface area contributed by atoms with Gasteiger partial charge in [0.15, 0.2) is 0 Å². The normalized spacial score (nSPS) is 10.7. The first-order chi connectivity index (χ1) is 10.2. The topological polar surface area (TPSA) is 54.5 Å². The first-order valence-corrected chi connectivity index (χ1v) is 7.67. The lowest BCUT2D eigenvalue weighted by Crippen LogP contribution is -2.42. The molecule has 21 heavy (non-hydrogen) atoms. The first kappa shape index (κ1) is 17.4.